The third-order valence-electron chi connectivity index (χ3n) is 4.92. The minimum atomic E-state index is -3.88. The number of ketones is 1. The van der Waals surface area contributed by atoms with Crippen LogP contribution in [0.3, 0.4) is 0 Å². The third kappa shape index (κ3) is 29.0. The van der Waals surface area contributed by atoms with E-state index in [0.29, 0.717) is 44.4 Å². The Kier molecular flexibility index (Phi) is 29.3. The first-order valence-electron chi connectivity index (χ1n) is 12.2. The average molecular weight is 636 g/mol. The van der Waals surface area contributed by atoms with Crippen molar-refractivity contribution < 1.29 is 99.4 Å². The molecular formula is C21H44KNO10P2S2. The van der Waals surface area contributed by atoms with Gasteiger partial charge in [-0.3, -0.25) is 27.7 Å². The molecule has 0 heterocycles. The van der Waals surface area contributed by atoms with Crippen LogP contribution in [-0.2, 0) is 36.8 Å². The monoisotopic (exact) mass is 635 g/mol. The summed E-state index contributed by atoms with van der Waals surface area (Å²) < 4.78 is 40.3. The second kappa shape index (κ2) is 26.6. The molecule has 37 heavy (non-hydrogen) atoms. The van der Waals surface area contributed by atoms with Gasteiger partial charge >= 0.3 is 67.0 Å². The predicted molar refractivity (Wildman–Crippen MR) is 145 cm³/mol. The Balaban J connectivity index is -0.00000612. The van der Waals surface area contributed by atoms with Crippen molar-refractivity contribution >= 4 is 48.9 Å². The molecule has 11 nitrogen and oxygen atoms in total. The van der Waals surface area contributed by atoms with Gasteiger partial charge in [0.15, 0.2) is 0 Å². The van der Waals surface area contributed by atoms with E-state index in [1.54, 1.807) is 21.6 Å². The van der Waals surface area contributed by atoms with Crippen molar-refractivity contribution in [2.24, 2.45) is 0 Å². The molecule has 0 spiro atoms. The Bertz CT molecular complexity index is 644. The van der Waals surface area contributed by atoms with Gasteiger partial charge in [-0.05, 0) is 25.7 Å². The third-order valence-corrected chi connectivity index (χ3v) is 9.27. The number of phosphoric ester groups is 2. The van der Waals surface area contributed by atoms with E-state index in [2.05, 4.69) is 14.4 Å². The van der Waals surface area contributed by atoms with Gasteiger partial charge < -0.3 is 16.5 Å². The van der Waals surface area contributed by atoms with Gasteiger partial charge in [0.1, 0.15) is 5.78 Å². The summed E-state index contributed by atoms with van der Waals surface area (Å²) in [5.74, 6) is 1.70. The Labute approximate surface area is 273 Å². The van der Waals surface area contributed by atoms with Crippen LogP contribution in [0.25, 0.3) is 0 Å². The Morgan fingerprint density at radius 1 is 0.730 bits per heavy atom. The van der Waals surface area contributed by atoms with E-state index in [1.165, 1.54) is 0 Å². The number of carbonyl (C=O) groups excluding carboxylic acids is 2. The van der Waals surface area contributed by atoms with Crippen LogP contribution in [0, 0.1) is 0 Å². The predicted octanol–water partition coefficient (Wildman–Crippen LogP) is 2.38. The molecule has 2 unspecified atom stereocenters. The van der Waals surface area contributed by atoms with Crippen LogP contribution in [0.2, 0.25) is 0 Å². The summed E-state index contributed by atoms with van der Waals surface area (Å²) in [7, 11) is -2.28. The zero-order valence-corrected chi connectivity index (χ0v) is 28.9. The molecule has 0 rings (SSSR count). The molecule has 1 amide bonds. The number of unbranched alkanes of at least 4 members (excludes halogenated alkanes) is 7. The van der Waals surface area contributed by atoms with E-state index >= 15 is 0 Å². The molecule has 16 heteroatoms. The van der Waals surface area contributed by atoms with Crippen LogP contribution >= 0.6 is 37.2 Å². The van der Waals surface area contributed by atoms with E-state index in [1.807, 2.05) is 0 Å². The van der Waals surface area contributed by atoms with E-state index < -0.39 is 15.6 Å². The van der Waals surface area contributed by atoms with Gasteiger partial charge in [-0.1, -0.05) is 53.7 Å². The summed E-state index contributed by atoms with van der Waals surface area (Å²) in [5.41, 5.74) is 0. The molecule has 0 fully saturated rings. The summed E-state index contributed by atoms with van der Waals surface area (Å²) in [4.78, 5) is 41.9. The van der Waals surface area contributed by atoms with E-state index in [0.717, 1.165) is 64.9 Å². The van der Waals surface area contributed by atoms with Crippen molar-refractivity contribution in [2.75, 3.05) is 45.5 Å². The molecule has 2 atom stereocenters. The molecule has 0 aromatic heterocycles. The average Bonchev–Trinajstić information content (AvgIpc) is 2.84. The zero-order chi connectivity index (χ0) is 27.1. The number of amides is 1. The van der Waals surface area contributed by atoms with Crippen LogP contribution in [0.4, 0.5) is 0 Å². The van der Waals surface area contributed by atoms with E-state index in [9.17, 15) is 18.7 Å². The number of Topliss-reactive ketones (excluding diaryl/α,β-unsaturated/α-hetero) is 1. The van der Waals surface area contributed by atoms with Crippen LogP contribution in [0.15, 0.2) is 0 Å². The van der Waals surface area contributed by atoms with Gasteiger partial charge in [0.2, 0.25) is 5.91 Å². The number of nitrogens with one attached hydrogen (secondary N) is 1. The van der Waals surface area contributed by atoms with Crippen molar-refractivity contribution in [1.29, 1.82) is 0 Å². The second-order valence-corrected chi connectivity index (χ2v) is 13.8. The summed E-state index contributed by atoms with van der Waals surface area (Å²) in [6.45, 7) is 0.955. The SMILES string of the molecule is COP(=O)(O)OCCCCCCCC(=O)CCSSCCC(=O)NCCCCCCOP(=O)(O)OC.[H-].[K+]. The normalized spacial score (nSPS) is 14.4. The van der Waals surface area contributed by atoms with E-state index in [4.69, 9.17) is 18.8 Å². The smallest absolute Gasteiger partial charge is 1.00 e. The van der Waals surface area contributed by atoms with Gasteiger partial charge in [0.25, 0.3) is 0 Å². The first-order chi connectivity index (χ1) is 17.1. The first kappa shape index (κ1) is 40.8. The van der Waals surface area contributed by atoms with Crippen molar-refractivity contribution in [1.82, 2.24) is 5.32 Å². The first-order valence-corrected chi connectivity index (χ1v) is 17.7. The summed E-state index contributed by atoms with van der Waals surface area (Å²) in [5, 5.41) is 2.88. The number of rotatable bonds is 26. The van der Waals surface area contributed by atoms with Crippen LogP contribution in [0.1, 0.15) is 78.5 Å². The summed E-state index contributed by atoms with van der Waals surface area (Å²) in [6, 6.07) is 0. The number of phosphoric acid groups is 2. The molecule has 0 aromatic carbocycles. The summed E-state index contributed by atoms with van der Waals surface area (Å²) in [6.07, 6.45) is 9.06. The van der Waals surface area contributed by atoms with Gasteiger partial charge in [0.05, 0.1) is 13.2 Å². The van der Waals surface area contributed by atoms with Crippen LogP contribution in [0.5, 0.6) is 0 Å². The fourth-order valence-corrected chi connectivity index (χ4v) is 5.80. The molecule has 0 aliphatic heterocycles. The van der Waals surface area contributed by atoms with Crippen molar-refractivity contribution in [3.63, 3.8) is 0 Å². The standard InChI is InChI=1S/C21H43NO10P2S2.K.H/c1-29-33(25,26)31-16-10-6-3-4-8-12-20(23)13-18-35-36-19-14-21(24)22-15-9-5-7-11-17-32-34(27,28)30-2;;/h3-19H2,1-2H3,(H,22,24)(H,25,26)(H,27,28);;/q;+1;-1. The van der Waals surface area contributed by atoms with Crippen LogP contribution in [-0.4, -0.2) is 67.0 Å². The van der Waals surface area contributed by atoms with Gasteiger partial charge in [-0.15, -0.1) is 0 Å². The topological polar surface area (TPSA) is 158 Å². The van der Waals surface area contributed by atoms with Crippen LogP contribution < -0.4 is 56.7 Å². The fourth-order valence-electron chi connectivity index (χ4n) is 2.85. The second-order valence-electron chi connectivity index (χ2n) is 7.93. The quantitative estimate of drug-likeness (QED) is 0.0553. The Morgan fingerprint density at radius 2 is 1.19 bits per heavy atom. The molecule has 0 aliphatic rings. The Hall–Kier alpha value is 1.70. The van der Waals surface area contributed by atoms with Crippen molar-refractivity contribution in [3.05, 3.63) is 0 Å². The maximum Gasteiger partial charge on any atom is 1.00 e. The molecule has 0 bridgehead atoms. The largest absolute Gasteiger partial charge is 1.00 e. The zero-order valence-electron chi connectivity index (χ0n) is 23.4. The molecule has 0 saturated heterocycles. The molecule has 0 aliphatic carbocycles. The Morgan fingerprint density at radius 3 is 1.73 bits per heavy atom. The minimum Gasteiger partial charge on any atom is -1.00 e. The van der Waals surface area contributed by atoms with Gasteiger partial charge in [-0.25, -0.2) is 9.13 Å². The molecule has 0 aromatic rings. The fraction of sp³-hybridized carbons (Fsp3) is 0.905. The van der Waals surface area contributed by atoms with Crippen molar-refractivity contribution in [3.8, 4) is 0 Å². The number of hydrogen-bond acceptors (Lipinski definition) is 10. The van der Waals surface area contributed by atoms with Crippen molar-refractivity contribution in [2.45, 2.75) is 77.0 Å². The molecule has 0 radical (unpaired) electrons. The molecule has 0 saturated carbocycles. The molecular weight excluding hydrogens is 591 g/mol. The maximum atomic E-state index is 11.9. The number of carbonyl (C=O) groups is 2. The summed E-state index contributed by atoms with van der Waals surface area (Å²) >= 11 is 0. The maximum absolute atomic E-state index is 11.9. The minimum absolute atomic E-state index is 0. The molecule has 3 N–H and O–H groups in total. The van der Waals surface area contributed by atoms with E-state index in [-0.39, 0.29) is 77.7 Å². The van der Waals surface area contributed by atoms with Gasteiger partial charge in [-0.2, -0.15) is 0 Å². The molecule has 216 valence electrons. The van der Waals surface area contributed by atoms with Gasteiger partial charge in [0, 0.05) is 51.5 Å². The number of hydrogen-bond donors (Lipinski definition) is 3.